The molecule has 1 nitrogen and oxygen atoms in total. The molecule has 0 aliphatic heterocycles. The van der Waals surface area contributed by atoms with Gasteiger partial charge in [-0.15, -0.1) is 0 Å². The van der Waals surface area contributed by atoms with Crippen molar-refractivity contribution in [1.82, 2.24) is 0 Å². The van der Waals surface area contributed by atoms with E-state index in [1.54, 1.807) is 6.07 Å². The Labute approximate surface area is 114 Å². The molecule has 0 aromatic heterocycles. The average Bonchev–Trinajstić information content (AvgIpc) is 2.39. The fourth-order valence-electron chi connectivity index (χ4n) is 2.29. The Hall–Kier alpha value is -1.57. The van der Waals surface area contributed by atoms with E-state index in [1.807, 2.05) is 36.4 Å². The average molecular weight is 275 g/mol. The van der Waals surface area contributed by atoms with Crippen LogP contribution < -0.4 is 0 Å². The van der Waals surface area contributed by atoms with Crippen LogP contribution >= 0.6 is 23.2 Å². The Morgan fingerprint density at radius 3 is 2.22 bits per heavy atom. The van der Waals surface area contributed by atoms with Crippen molar-refractivity contribution in [2.75, 3.05) is 0 Å². The molecule has 0 heterocycles. The molecule has 0 fully saturated rings. The first-order chi connectivity index (χ1) is 8.74. The zero-order chi connectivity index (χ0) is 12.7. The van der Waals surface area contributed by atoms with Crippen LogP contribution in [0.15, 0.2) is 42.5 Å². The van der Waals surface area contributed by atoms with Crippen LogP contribution in [0, 0.1) is 0 Å². The molecule has 0 radical (unpaired) electrons. The molecule has 0 unspecified atom stereocenters. The molecule has 0 N–H and O–H groups in total. The fourth-order valence-corrected chi connectivity index (χ4v) is 2.97. The van der Waals surface area contributed by atoms with Gasteiger partial charge in [-0.25, -0.2) is 0 Å². The molecule has 18 heavy (non-hydrogen) atoms. The summed E-state index contributed by atoms with van der Waals surface area (Å²) in [6, 6.07) is 13.0. The van der Waals surface area contributed by atoms with Crippen LogP contribution in [0.1, 0.15) is 10.4 Å². The maximum absolute atomic E-state index is 11.4. The third-order valence-electron chi connectivity index (χ3n) is 3.09. The summed E-state index contributed by atoms with van der Waals surface area (Å²) in [5, 5.41) is 4.39. The van der Waals surface area contributed by atoms with Gasteiger partial charge in [-0.1, -0.05) is 59.6 Å². The number of carbonyl (C=O) groups is 1. The van der Waals surface area contributed by atoms with E-state index in [9.17, 15) is 4.79 Å². The first-order valence-corrected chi connectivity index (χ1v) is 6.23. The quantitative estimate of drug-likeness (QED) is 0.445. The minimum Gasteiger partial charge on any atom is -0.298 e. The van der Waals surface area contributed by atoms with Gasteiger partial charge in [0.15, 0.2) is 6.29 Å². The molecule has 0 aliphatic carbocycles. The summed E-state index contributed by atoms with van der Waals surface area (Å²) in [6.45, 7) is 0. The zero-order valence-electron chi connectivity index (χ0n) is 9.28. The number of hydrogen-bond acceptors (Lipinski definition) is 1. The molecular formula is C15H8Cl2O. The van der Waals surface area contributed by atoms with Crippen LogP contribution in [0.3, 0.4) is 0 Å². The van der Waals surface area contributed by atoms with Crippen molar-refractivity contribution in [3.8, 4) is 0 Å². The first kappa shape index (κ1) is 11.5. The lowest BCUT2D eigenvalue weighted by molar-refractivity contribution is 0.112. The van der Waals surface area contributed by atoms with E-state index in [0.717, 1.165) is 27.8 Å². The highest BCUT2D eigenvalue weighted by molar-refractivity contribution is 6.46. The minimum atomic E-state index is 0.561. The SMILES string of the molecule is O=Cc1c2ccccc2c(Cl)c2c(Cl)cccc12. The number of benzene rings is 3. The highest BCUT2D eigenvalue weighted by Gasteiger charge is 2.13. The van der Waals surface area contributed by atoms with Gasteiger partial charge in [-0.2, -0.15) is 0 Å². The lowest BCUT2D eigenvalue weighted by Crippen LogP contribution is -1.89. The maximum Gasteiger partial charge on any atom is 0.151 e. The van der Waals surface area contributed by atoms with Crippen LogP contribution in [0.25, 0.3) is 21.5 Å². The maximum atomic E-state index is 11.4. The van der Waals surface area contributed by atoms with Gasteiger partial charge in [0.05, 0.1) is 5.02 Å². The van der Waals surface area contributed by atoms with Crippen LogP contribution in [0.2, 0.25) is 10.0 Å². The van der Waals surface area contributed by atoms with E-state index in [1.165, 1.54) is 0 Å². The molecule has 0 spiro atoms. The molecule has 3 aromatic rings. The Kier molecular flexibility index (Phi) is 2.73. The highest BCUT2D eigenvalue weighted by Crippen LogP contribution is 2.38. The molecule has 0 aliphatic rings. The number of aldehydes is 1. The largest absolute Gasteiger partial charge is 0.298 e. The summed E-state index contributed by atoms with van der Waals surface area (Å²) in [5.74, 6) is 0. The molecular weight excluding hydrogens is 267 g/mol. The van der Waals surface area contributed by atoms with Crippen molar-refractivity contribution < 1.29 is 4.79 Å². The summed E-state index contributed by atoms with van der Waals surface area (Å²) in [5.41, 5.74) is 0.632. The third-order valence-corrected chi connectivity index (χ3v) is 3.80. The monoisotopic (exact) mass is 274 g/mol. The van der Waals surface area contributed by atoms with E-state index in [0.29, 0.717) is 15.6 Å². The molecule has 0 amide bonds. The predicted octanol–water partition coefficient (Wildman–Crippen LogP) is 5.11. The molecule has 0 saturated heterocycles. The Morgan fingerprint density at radius 1 is 0.833 bits per heavy atom. The van der Waals surface area contributed by atoms with Gasteiger partial charge in [0.1, 0.15) is 0 Å². The minimum absolute atomic E-state index is 0.561. The van der Waals surface area contributed by atoms with Crippen molar-refractivity contribution in [2.45, 2.75) is 0 Å². The van der Waals surface area contributed by atoms with Gasteiger partial charge in [0.25, 0.3) is 0 Å². The summed E-state index contributed by atoms with van der Waals surface area (Å²) in [7, 11) is 0. The first-order valence-electron chi connectivity index (χ1n) is 5.47. The van der Waals surface area contributed by atoms with E-state index in [-0.39, 0.29) is 0 Å². The van der Waals surface area contributed by atoms with Crippen molar-refractivity contribution >= 4 is 51.0 Å². The van der Waals surface area contributed by atoms with Gasteiger partial charge in [0, 0.05) is 21.4 Å². The summed E-state index contributed by atoms with van der Waals surface area (Å²) in [6.07, 6.45) is 0.858. The van der Waals surface area contributed by atoms with Gasteiger partial charge in [-0.05, 0) is 16.8 Å². The molecule has 0 atom stereocenters. The zero-order valence-corrected chi connectivity index (χ0v) is 10.8. The predicted molar refractivity (Wildman–Crippen MR) is 76.9 cm³/mol. The normalized spacial score (nSPS) is 11.0. The molecule has 0 bridgehead atoms. The lowest BCUT2D eigenvalue weighted by Gasteiger charge is -2.10. The van der Waals surface area contributed by atoms with E-state index in [2.05, 4.69) is 0 Å². The topological polar surface area (TPSA) is 17.1 Å². The second-order valence-electron chi connectivity index (χ2n) is 4.05. The summed E-state index contributed by atoms with van der Waals surface area (Å²) < 4.78 is 0. The number of fused-ring (bicyclic) bond motifs is 2. The third kappa shape index (κ3) is 1.52. The summed E-state index contributed by atoms with van der Waals surface area (Å²) in [4.78, 5) is 11.4. The van der Waals surface area contributed by atoms with Crippen molar-refractivity contribution in [3.63, 3.8) is 0 Å². The standard InChI is InChI=1S/C15H8Cl2O/c16-13-7-3-6-10-12(8-18)9-4-1-2-5-11(9)15(17)14(10)13/h1-8H. The Balaban J connectivity index is 2.70. The molecule has 0 saturated carbocycles. The molecule has 3 rings (SSSR count). The van der Waals surface area contributed by atoms with E-state index >= 15 is 0 Å². The Bertz CT molecular complexity index is 778. The molecule has 3 aromatic carbocycles. The number of hydrogen-bond donors (Lipinski definition) is 0. The fraction of sp³-hybridized carbons (Fsp3) is 0. The van der Waals surface area contributed by atoms with Gasteiger partial charge in [0.2, 0.25) is 0 Å². The van der Waals surface area contributed by atoms with Gasteiger partial charge < -0.3 is 0 Å². The number of halogens is 2. The van der Waals surface area contributed by atoms with Crippen molar-refractivity contribution in [2.24, 2.45) is 0 Å². The second kappa shape index (κ2) is 4.27. The molecule has 3 heteroatoms. The number of rotatable bonds is 1. The second-order valence-corrected chi connectivity index (χ2v) is 4.84. The summed E-state index contributed by atoms with van der Waals surface area (Å²) >= 11 is 12.6. The van der Waals surface area contributed by atoms with Crippen LogP contribution in [-0.4, -0.2) is 6.29 Å². The van der Waals surface area contributed by atoms with Gasteiger partial charge >= 0.3 is 0 Å². The number of carbonyl (C=O) groups excluding carboxylic acids is 1. The van der Waals surface area contributed by atoms with E-state index in [4.69, 9.17) is 23.2 Å². The van der Waals surface area contributed by atoms with Crippen molar-refractivity contribution in [3.05, 3.63) is 58.1 Å². The lowest BCUT2D eigenvalue weighted by atomic mass is 9.97. The smallest absolute Gasteiger partial charge is 0.151 e. The van der Waals surface area contributed by atoms with Crippen LogP contribution in [0.4, 0.5) is 0 Å². The highest BCUT2D eigenvalue weighted by atomic mass is 35.5. The molecule has 88 valence electrons. The van der Waals surface area contributed by atoms with Gasteiger partial charge in [-0.3, -0.25) is 4.79 Å². The van der Waals surface area contributed by atoms with Crippen LogP contribution in [0.5, 0.6) is 0 Å². The van der Waals surface area contributed by atoms with Crippen LogP contribution in [-0.2, 0) is 0 Å². The van der Waals surface area contributed by atoms with E-state index < -0.39 is 0 Å². The Morgan fingerprint density at radius 2 is 1.50 bits per heavy atom. The van der Waals surface area contributed by atoms with Crippen molar-refractivity contribution in [1.29, 1.82) is 0 Å².